The van der Waals surface area contributed by atoms with Crippen molar-refractivity contribution < 1.29 is 14.3 Å². The van der Waals surface area contributed by atoms with Gasteiger partial charge in [-0.3, -0.25) is 4.79 Å². The molecule has 0 aliphatic heterocycles. The van der Waals surface area contributed by atoms with Crippen molar-refractivity contribution in [3.8, 4) is 0 Å². The molecule has 0 saturated heterocycles. The van der Waals surface area contributed by atoms with Gasteiger partial charge in [-0.05, 0) is 43.4 Å². The lowest BCUT2D eigenvalue weighted by Gasteiger charge is -2.14. The van der Waals surface area contributed by atoms with Crippen LogP contribution in [0.2, 0.25) is 0 Å². The molecular weight excluding hydrogens is 350 g/mol. The molecule has 1 aromatic heterocycles. The van der Waals surface area contributed by atoms with Crippen molar-refractivity contribution in [3.05, 3.63) is 40.4 Å². The van der Waals surface area contributed by atoms with Crippen LogP contribution in [0.25, 0.3) is 0 Å². The van der Waals surface area contributed by atoms with E-state index in [1.54, 1.807) is 6.92 Å². The molecule has 0 fully saturated rings. The maximum Gasteiger partial charge on any atom is 0.351 e. The van der Waals surface area contributed by atoms with Crippen LogP contribution >= 0.6 is 11.3 Å². The molecule has 2 rings (SSSR count). The van der Waals surface area contributed by atoms with Gasteiger partial charge in [0, 0.05) is 5.69 Å². The number of aryl methyl sites for hydroxylation is 1. The van der Waals surface area contributed by atoms with Crippen molar-refractivity contribution in [1.29, 1.82) is 0 Å². The first-order valence-corrected chi connectivity index (χ1v) is 9.47. The summed E-state index contributed by atoms with van der Waals surface area (Å²) >= 11 is 1.09. The maximum absolute atomic E-state index is 12.4. The number of nitrogens with two attached hydrogens (primary N) is 1. The number of amides is 1. The van der Waals surface area contributed by atoms with Gasteiger partial charge in [0.2, 0.25) is 0 Å². The Morgan fingerprint density at radius 3 is 2.46 bits per heavy atom. The zero-order valence-corrected chi connectivity index (χ0v) is 16.4. The zero-order valence-electron chi connectivity index (χ0n) is 15.5. The van der Waals surface area contributed by atoms with Crippen molar-refractivity contribution in [2.24, 2.45) is 5.92 Å². The van der Waals surface area contributed by atoms with Crippen molar-refractivity contribution in [3.63, 3.8) is 0 Å². The molecule has 0 aliphatic rings. The lowest BCUT2D eigenvalue weighted by atomic mass is 10.1. The largest absolute Gasteiger partial charge is 0.448 e. The van der Waals surface area contributed by atoms with Gasteiger partial charge in [0.05, 0.1) is 5.69 Å². The molecule has 1 aromatic carbocycles. The molecule has 1 atom stereocenters. The lowest BCUT2D eigenvalue weighted by Crippen LogP contribution is -2.30. The topological polar surface area (TPSA) is 94.3 Å². The number of nitrogen functional groups attached to an aromatic ring is 1. The smallest absolute Gasteiger partial charge is 0.351 e. The molecule has 1 unspecified atom stereocenters. The summed E-state index contributed by atoms with van der Waals surface area (Å²) in [4.78, 5) is 29.3. The molecule has 0 radical (unpaired) electrons. The molecule has 0 aliphatic carbocycles. The highest BCUT2D eigenvalue weighted by molar-refractivity contribution is 7.17. The molecule has 6 nitrogen and oxygen atoms in total. The number of hydrogen-bond donors (Lipinski definition) is 2. The Morgan fingerprint density at radius 1 is 1.23 bits per heavy atom. The third-order valence-electron chi connectivity index (χ3n) is 3.78. The van der Waals surface area contributed by atoms with Gasteiger partial charge >= 0.3 is 5.97 Å². The van der Waals surface area contributed by atoms with Crippen LogP contribution in [0.15, 0.2) is 24.3 Å². The molecule has 3 N–H and O–H groups in total. The van der Waals surface area contributed by atoms with Gasteiger partial charge in [-0.15, -0.1) is 0 Å². The van der Waals surface area contributed by atoms with E-state index in [2.05, 4.69) is 17.2 Å². The van der Waals surface area contributed by atoms with E-state index in [9.17, 15) is 9.59 Å². The Hall–Kier alpha value is -2.41. The number of esters is 1. The second-order valence-electron chi connectivity index (χ2n) is 6.51. The number of aromatic nitrogens is 1. The Morgan fingerprint density at radius 2 is 1.88 bits per heavy atom. The quantitative estimate of drug-likeness (QED) is 0.720. The standard InChI is InChI=1S/C19H25N3O3S/c1-5-13-6-8-14(9-7-13)21-17(23)12(4)25-18(24)16-15(10-11(2)3)22-19(20)26-16/h6-9,11-12H,5,10H2,1-4H3,(H2,20,22)(H,21,23). The van der Waals surface area contributed by atoms with E-state index in [1.807, 2.05) is 38.1 Å². The highest BCUT2D eigenvalue weighted by Crippen LogP contribution is 2.24. The van der Waals surface area contributed by atoms with E-state index in [-0.39, 0.29) is 5.91 Å². The molecule has 2 aromatic rings. The third kappa shape index (κ3) is 5.29. The van der Waals surface area contributed by atoms with Crippen LogP contribution < -0.4 is 11.1 Å². The van der Waals surface area contributed by atoms with Crippen molar-refractivity contribution in [1.82, 2.24) is 4.98 Å². The zero-order chi connectivity index (χ0) is 19.3. The number of ether oxygens (including phenoxy) is 1. The highest BCUT2D eigenvalue weighted by Gasteiger charge is 2.24. The fraction of sp³-hybridized carbons (Fsp3) is 0.421. The summed E-state index contributed by atoms with van der Waals surface area (Å²) in [6, 6.07) is 7.56. The Balaban J connectivity index is 2.00. The van der Waals surface area contributed by atoms with E-state index in [0.29, 0.717) is 33.7 Å². The van der Waals surface area contributed by atoms with Crippen molar-refractivity contribution in [2.75, 3.05) is 11.1 Å². The number of thiazole rings is 1. The minimum Gasteiger partial charge on any atom is -0.448 e. The summed E-state index contributed by atoms with van der Waals surface area (Å²) in [5.41, 5.74) is 8.20. The van der Waals surface area contributed by atoms with Gasteiger partial charge in [0.25, 0.3) is 5.91 Å². The van der Waals surface area contributed by atoms with E-state index in [1.165, 1.54) is 5.56 Å². The Bertz CT molecular complexity index is 769. The fourth-order valence-corrected chi connectivity index (χ4v) is 3.13. The second kappa shape index (κ2) is 8.80. The van der Waals surface area contributed by atoms with Crippen LogP contribution in [0.4, 0.5) is 10.8 Å². The summed E-state index contributed by atoms with van der Waals surface area (Å²) in [5.74, 6) is -0.626. The van der Waals surface area contributed by atoms with E-state index < -0.39 is 12.1 Å². The summed E-state index contributed by atoms with van der Waals surface area (Å²) in [6.45, 7) is 7.67. The summed E-state index contributed by atoms with van der Waals surface area (Å²) < 4.78 is 5.31. The number of carbonyl (C=O) groups is 2. The van der Waals surface area contributed by atoms with Crippen LogP contribution in [-0.2, 0) is 22.4 Å². The van der Waals surface area contributed by atoms with Gasteiger partial charge in [-0.25, -0.2) is 9.78 Å². The molecule has 0 spiro atoms. The fourth-order valence-electron chi connectivity index (χ4n) is 2.39. The summed E-state index contributed by atoms with van der Waals surface area (Å²) in [7, 11) is 0. The van der Waals surface area contributed by atoms with E-state index in [0.717, 1.165) is 17.8 Å². The summed E-state index contributed by atoms with van der Waals surface area (Å²) in [6.07, 6.45) is 0.630. The van der Waals surface area contributed by atoms with Gasteiger partial charge in [-0.1, -0.05) is 44.2 Å². The maximum atomic E-state index is 12.4. The number of rotatable bonds is 7. The van der Waals surface area contributed by atoms with Crippen molar-refractivity contribution in [2.45, 2.75) is 46.6 Å². The molecule has 7 heteroatoms. The van der Waals surface area contributed by atoms with Gasteiger partial charge < -0.3 is 15.8 Å². The number of benzene rings is 1. The number of hydrogen-bond acceptors (Lipinski definition) is 6. The molecule has 0 saturated carbocycles. The minimum atomic E-state index is -0.927. The predicted molar refractivity (Wildman–Crippen MR) is 104 cm³/mol. The number of carbonyl (C=O) groups excluding carboxylic acids is 2. The third-order valence-corrected chi connectivity index (χ3v) is 4.69. The van der Waals surface area contributed by atoms with Crippen LogP contribution in [0.1, 0.15) is 48.6 Å². The average Bonchev–Trinajstić information content (AvgIpc) is 2.95. The number of nitrogens with one attached hydrogen (secondary N) is 1. The van der Waals surface area contributed by atoms with Gasteiger partial charge in [-0.2, -0.15) is 0 Å². The second-order valence-corrected chi connectivity index (χ2v) is 7.54. The SMILES string of the molecule is CCc1ccc(NC(=O)C(C)OC(=O)c2sc(N)nc2CC(C)C)cc1. The first kappa shape index (κ1) is 19.9. The van der Waals surface area contributed by atoms with Crippen molar-refractivity contribution >= 4 is 34.0 Å². The molecule has 26 heavy (non-hydrogen) atoms. The van der Waals surface area contributed by atoms with Crippen LogP contribution in [0.5, 0.6) is 0 Å². The summed E-state index contributed by atoms with van der Waals surface area (Å²) in [5, 5.41) is 3.07. The number of nitrogens with zero attached hydrogens (tertiary/aromatic N) is 1. The first-order chi connectivity index (χ1) is 12.3. The molecule has 140 valence electrons. The Labute approximate surface area is 157 Å². The lowest BCUT2D eigenvalue weighted by molar-refractivity contribution is -0.123. The molecule has 0 bridgehead atoms. The van der Waals surface area contributed by atoms with Gasteiger partial charge in [0.15, 0.2) is 11.2 Å². The molecule has 1 heterocycles. The van der Waals surface area contributed by atoms with Crippen LogP contribution in [0.3, 0.4) is 0 Å². The van der Waals surface area contributed by atoms with E-state index >= 15 is 0 Å². The predicted octanol–water partition coefficient (Wildman–Crippen LogP) is 3.67. The number of anilines is 2. The normalized spacial score (nSPS) is 12.0. The molecule has 1 amide bonds. The first-order valence-electron chi connectivity index (χ1n) is 8.66. The monoisotopic (exact) mass is 375 g/mol. The average molecular weight is 375 g/mol. The van der Waals surface area contributed by atoms with Crippen LogP contribution in [0, 0.1) is 5.92 Å². The highest BCUT2D eigenvalue weighted by atomic mass is 32.1. The van der Waals surface area contributed by atoms with Gasteiger partial charge in [0.1, 0.15) is 4.88 Å². The Kier molecular flexibility index (Phi) is 6.74. The minimum absolute atomic E-state index is 0.320. The molecular formula is C19H25N3O3S. The van der Waals surface area contributed by atoms with E-state index in [4.69, 9.17) is 10.5 Å². The van der Waals surface area contributed by atoms with Crippen LogP contribution in [-0.4, -0.2) is 23.0 Å².